The fraction of sp³-hybridized carbons (Fsp3) is 0.357. The molecule has 1 aromatic carbocycles. The molecule has 0 aliphatic carbocycles. The number of hydrogen-bond acceptors (Lipinski definition) is 3. The van der Waals surface area contributed by atoms with Crippen LogP contribution in [0.3, 0.4) is 0 Å². The summed E-state index contributed by atoms with van der Waals surface area (Å²) in [6.45, 7) is -1.24. The number of nitrogens with zero attached hydrogens (tertiary/aromatic N) is 2. The van der Waals surface area contributed by atoms with Gasteiger partial charge in [0.2, 0.25) is 0 Å². The summed E-state index contributed by atoms with van der Waals surface area (Å²) in [5.41, 5.74) is 6.24. The molecule has 11 heteroatoms. The molecule has 2 aromatic rings. The van der Waals surface area contributed by atoms with Gasteiger partial charge in [-0.1, -0.05) is 6.07 Å². The van der Waals surface area contributed by atoms with Crippen molar-refractivity contribution in [1.29, 1.82) is 0 Å². The number of halogens is 7. The Labute approximate surface area is 145 Å². The Balaban J connectivity index is 0.00000312. The third-order valence-electron chi connectivity index (χ3n) is 3.08. The molecule has 2 N–H and O–H groups in total. The van der Waals surface area contributed by atoms with Crippen molar-refractivity contribution in [3.05, 3.63) is 36.4 Å². The maximum Gasteiger partial charge on any atom is 0.456 e. The Morgan fingerprint density at radius 3 is 2.40 bits per heavy atom. The molecule has 4 nitrogen and oxygen atoms in total. The van der Waals surface area contributed by atoms with Crippen LogP contribution in [0, 0.1) is 5.82 Å². The van der Waals surface area contributed by atoms with E-state index in [1.165, 1.54) is 16.9 Å². The fourth-order valence-corrected chi connectivity index (χ4v) is 1.81. The Bertz CT molecular complexity index is 704. The minimum absolute atomic E-state index is 0. The highest BCUT2D eigenvalue weighted by Gasteiger charge is 2.58. The van der Waals surface area contributed by atoms with Crippen LogP contribution >= 0.6 is 12.4 Å². The molecule has 1 heterocycles. The van der Waals surface area contributed by atoms with Gasteiger partial charge in [0.15, 0.2) is 18.2 Å². The molecule has 0 aliphatic heterocycles. The van der Waals surface area contributed by atoms with Gasteiger partial charge in [-0.15, -0.1) is 12.4 Å². The predicted molar refractivity (Wildman–Crippen MR) is 80.4 cm³/mol. The van der Waals surface area contributed by atoms with E-state index in [0.717, 1.165) is 12.1 Å². The van der Waals surface area contributed by atoms with Crippen molar-refractivity contribution in [3.8, 4) is 16.9 Å². The van der Waals surface area contributed by atoms with Gasteiger partial charge in [0, 0.05) is 18.3 Å². The van der Waals surface area contributed by atoms with Crippen LogP contribution in [0.15, 0.2) is 30.6 Å². The average Bonchev–Trinajstić information content (AvgIpc) is 2.94. The lowest BCUT2D eigenvalue weighted by atomic mass is 10.1. The van der Waals surface area contributed by atoms with Crippen LogP contribution in [-0.4, -0.2) is 35.0 Å². The predicted octanol–water partition coefficient (Wildman–Crippen LogP) is 3.65. The summed E-state index contributed by atoms with van der Waals surface area (Å²) < 4.78 is 81.5. The van der Waals surface area contributed by atoms with Crippen LogP contribution in [-0.2, 0) is 6.54 Å². The van der Waals surface area contributed by atoms with Crippen molar-refractivity contribution in [2.75, 3.05) is 13.2 Å². The Kier molecular flexibility index (Phi) is 6.72. The number of hydrogen-bond donors (Lipinski definition) is 1. The minimum Gasteiger partial charge on any atom is -0.484 e. The number of aromatic nitrogens is 2. The summed E-state index contributed by atoms with van der Waals surface area (Å²) in [7, 11) is 0. The van der Waals surface area contributed by atoms with Gasteiger partial charge >= 0.3 is 12.1 Å². The monoisotopic (exact) mass is 389 g/mol. The highest BCUT2D eigenvalue weighted by Crippen LogP contribution is 2.36. The molecule has 1 aromatic heterocycles. The Morgan fingerprint density at radius 1 is 1.12 bits per heavy atom. The molecule has 0 atom stereocenters. The maximum absolute atomic E-state index is 13.6. The van der Waals surface area contributed by atoms with Crippen molar-refractivity contribution in [2.24, 2.45) is 5.73 Å². The molecule has 0 spiro atoms. The first kappa shape index (κ1) is 21.1. The number of ether oxygens (including phenoxy) is 1. The second-order valence-electron chi connectivity index (χ2n) is 4.92. The summed E-state index contributed by atoms with van der Waals surface area (Å²) >= 11 is 0. The third-order valence-corrected chi connectivity index (χ3v) is 3.08. The smallest absolute Gasteiger partial charge is 0.456 e. The maximum atomic E-state index is 13.6. The van der Waals surface area contributed by atoms with Crippen LogP contribution in [0.1, 0.15) is 0 Å². The van der Waals surface area contributed by atoms with E-state index in [9.17, 15) is 26.3 Å². The molecule has 0 saturated heterocycles. The van der Waals surface area contributed by atoms with Gasteiger partial charge in [-0.25, -0.2) is 4.39 Å². The second-order valence-corrected chi connectivity index (χ2v) is 4.92. The molecular formula is C14H14ClF6N3O. The van der Waals surface area contributed by atoms with Crippen LogP contribution in [0.2, 0.25) is 0 Å². The van der Waals surface area contributed by atoms with E-state index in [2.05, 4.69) is 9.84 Å². The molecule has 140 valence electrons. The highest BCUT2D eigenvalue weighted by molar-refractivity contribution is 5.85. The van der Waals surface area contributed by atoms with E-state index in [1.54, 1.807) is 6.20 Å². The lowest BCUT2D eigenvalue weighted by molar-refractivity contribution is -0.290. The largest absolute Gasteiger partial charge is 0.484 e. The normalized spacial score (nSPS) is 12.0. The lowest BCUT2D eigenvalue weighted by Gasteiger charge is -2.20. The van der Waals surface area contributed by atoms with Crippen LogP contribution < -0.4 is 10.5 Å². The van der Waals surface area contributed by atoms with Crippen molar-refractivity contribution < 1.29 is 31.1 Å². The topological polar surface area (TPSA) is 53.1 Å². The van der Waals surface area contributed by atoms with E-state index in [0.29, 0.717) is 24.2 Å². The molecule has 2 rings (SSSR count). The molecular weight excluding hydrogens is 376 g/mol. The molecule has 0 fully saturated rings. The standard InChI is InChI=1S/C14H13F6N3O.ClH/c15-11-2-1-9(10-6-22-23(7-10)4-3-21)5-12(11)24-8-13(16,17)14(18,19)20;/h1-2,5-7H,3-4,8,21H2;1H. The van der Waals surface area contributed by atoms with E-state index in [4.69, 9.17) is 5.73 Å². The quantitative estimate of drug-likeness (QED) is 0.767. The summed E-state index contributed by atoms with van der Waals surface area (Å²) in [5.74, 6) is -6.84. The van der Waals surface area contributed by atoms with E-state index in [1.807, 2.05) is 0 Å². The zero-order valence-electron chi connectivity index (χ0n) is 12.6. The summed E-state index contributed by atoms with van der Waals surface area (Å²) in [5, 5.41) is 3.99. The first-order valence-electron chi connectivity index (χ1n) is 6.74. The van der Waals surface area contributed by atoms with Gasteiger partial charge in [0.25, 0.3) is 0 Å². The van der Waals surface area contributed by atoms with Crippen molar-refractivity contribution in [1.82, 2.24) is 9.78 Å². The van der Waals surface area contributed by atoms with Gasteiger partial charge in [0.05, 0.1) is 12.7 Å². The van der Waals surface area contributed by atoms with E-state index in [-0.39, 0.29) is 12.4 Å². The van der Waals surface area contributed by atoms with Gasteiger partial charge in [-0.2, -0.15) is 27.1 Å². The first-order valence-corrected chi connectivity index (χ1v) is 6.74. The molecule has 0 amide bonds. The number of benzene rings is 1. The zero-order valence-corrected chi connectivity index (χ0v) is 13.4. The van der Waals surface area contributed by atoms with Crippen molar-refractivity contribution in [3.63, 3.8) is 0 Å². The third kappa shape index (κ3) is 5.02. The SMILES string of the molecule is Cl.NCCn1cc(-c2ccc(F)c(OCC(F)(F)C(F)(F)F)c2)cn1. The van der Waals surface area contributed by atoms with Gasteiger partial charge in [-0.05, 0) is 17.7 Å². The average molecular weight is 390 g/mol. The van der Waals surface area contributed by atoms with Crippen LogP contribution in [0.4, 0.5) is 26.3 Å². The highest BCUT2D eigenvalue weighted by atomic mass is 35.5. The summed E-state index contributed by atoms with van der Waals surface area (Å²) in [6.07, 6.45) is -2.77. The number of rotatable bonds is 6. The number of nitrogens with two attached hydrogens (primary N) is 1. The molecule has 0 radical (unpaired) electrons. The van der Waals surface area contributed by atoms with Crippen LogP contribution in [0.5, 0.6) is 5.75 Å². The Morgan fingerprint density at radius 2 is 1.80 bits per heavy atom. The van der Waals surface area contributed by atoms with E-state index < -0.39 is 30.3 Å². The fourth-order valence-electron chi connectivity index (χ4n) is 1.81. The lowest BCUT2D eigenvalue weighted by Crippen LogP contribution is -2.41. The van der Waals surface area contributed by atoms with Gasteiger partial charge < -0.3 is 10.5 Å². The minimum atomic E-state index is -5.77. The summed E-state index contributed by atoms with van der Waals surface area (Å²) in [6, 6.07) is 3.27. The molecule has 0 bridgehead atoms. The zero-order chi connectivity index (χ0) is 18.0. The van der Waals surface area contributed by atoms with Gasteiger partial charge in [-0.3, -0.25) is 4.68 Å². The second kappa shape index (κ2) is 7.96. The first-order chi connectivity index (χ1) is 11.1. The van der Waals surface area contributed by atoms with Gasteiger partial charge in [0.1, 0.15) is 0 Å². The molecule has 0 unspecified atom stereocenters. The van der Waals surface area contributed by atoms with Crippen molar-refractivity contribution in [2.45, 2.75) is 18.6 Å². The summed E-state index contributed by atoms with van der Waals surface area (Å²) in [4.78, 5) is 0. The molecule has 0 saturated carbocycles. The van der Waals surface area contributed by atoms with Crippen molar-refractivity contribution >= 4 is 12.4 Å². The van der Waals surface area contributed by atoms with Crippen LogP contribution in [0.25, 0.3) is 11.1 Å². The molecule has 25 heavy (non-hydrogen) atoms. The number of alkyl halides is 5. The van der Waals surface area contributed by atoms with E-state index >= 15 is 0 Å². The molecule has 0 aliphatic rings. The Hall–Kier alpha value is -1.94.